The molecule has 0 aliphatic heterocycles. The number of carbonyl (C=O) groups is 1. The monoisotopic (exact) mass is 337 g/mol. The fourth-order valence-electron chi connectivity index (χ4n) is 3.51. The van der Waals surface area contributed by atoms with E-state index in [0.717, 1.165) is 22.5 Å². The van der Waals surface area contributed by atoms with Gasteiger partial charge in [-0.3, -0.25) is 4.79 Å². The van der Waals surface area contributed by atoms with Crippen molar-refractivity contribution in [2.24, 2.45) is 0 Å². The third-order valence-electron chi connectivity index (χ3n) is 4.70. The Morgan fingerprint density at radius 1 is 0.960 bits per heavy atom. The zero-order valence-electron chi connectivity index (χ0n) is 15.1. The van der Waals surface area contributed by atoms with Crippen LogP contribution in [0.2, 0.25) is 0 Å². The Kier molecular flexibility index (Phi) is 5.69. The molecule has 0 atom stereocenters. The third kappa shape index (κ3) is 5.05. The molecule has 3 rings (SSSR count). The maximum absolute atomic E-state index is 12.4. The first-order chi connectivity index (χ1) is 12.1. The fourth-order valence-corrected chi connectivity index (χ4v) is 3.51. The first-order valence-corrected chi connectivity index (χ1v) is 9.22. The highest BCUT2D eigenvalue weighted by Crippen LogP contribution is 2.21. The number of pyridine rings is 1. The number of aryl methyl sites for hydroxylation is 2. The van der Waals surface area contributed by atoms with Gasteiger partial charge in [0.25, 0.3) is 5.91 Å². The van der Waals surface area contributed by atoms with Crippen LogP contribution in [0, 0.1) is 13.8 Å². The van der Waals surface area contributed by atoms with E-state index in [2.05, 4.69) is 21.7 Å². The van der Waals surface area contributed by atoms with E-state index in [1.165, 1.54) is 38.5 Å². The number of rotatable bonds is 4. The van der Waals surface area contributed by atoms with E-state index in [1.807, 2.05) is 32.0 Å². The van der Waals surface area contributed by atoms with Crippen LogP contribution in [0.4, 0.5) is 11.4 Å². The second-order valence-electron chi connectivity index (χ2n) is 7.10. The van der Waals surface area contributed by atoms with E-state index in [9.17, 15) is 4.79 Å². The van der Waals surface area contributed by atoms with Gasteiger partial charge in [-0.1, -0.05) is 31.7 Å². The molecule has 0 unspecified atom stereocenters. The number of hydrogen-bond acceptors (Lipinski definition) is 3. The van der Waals surface area contributed by atoms with Crippen molar-refractivity contribution in [3.8, 4) is 0 Å². The van der Waals surface area contributed by atoms with Crippen LogP contribution in [-0.2, 0) is 0 Å². The van der Waals surface area contributed by atoms with Crippen molar-refractivity contribution in [1.82, 2.24) is 4.98 Å². The summed E-state index contributed by atoms with van der Waals surface area (Å²) in [7, 11) is 0. The highest BCUT2D eigenvalue weighted by atomic mass is 16.1. The summed E-state index contributed by atoms with van der Waals surface area (Å²) in [6.45, 7) is 4.05. The molecule has 1 fully saturated rings. The maximum atomic E-state index is 12.4. The van der Waals surface area contributed by atoms with Gasteiger partial charge < -0.3 is 10.6 Å². The highest BCUT2D eigenvalue weighted by molar-refractivity contribution is 6.03. The highest BCUT2D eigenvalue weighted by Gasteiger charge is 2.13. The molecule has 2 N–H and O–H groups in total. The zero-order chi connectivity index (χ0) is 17.6. The zero-order valence-corrected chi connectivity index (χ0v) is 15.1. The summed E-state index contributed by atoms with van der Waals surface area (Å²) in [6, 6.07) is 10.3. The lowest BCUT2D eigenvalue weighted by Crippen LogP contribution is -2.19. The van der Waals surface area contributed by atoms with Gasteiger partial charge in [0.2, 0.25) is 0 Å². The van der Waals surface area contributed by atoms with Gasteiger partial charge >= 0.3 is 0 Å². The second-order valence-corrected chi connectivity index (χ2v) is 7.10. The molecule has 2 aromatic rings. The van der Waals surface area contributed by atoms with E-state index in [0.29, 0.717) is 11.7 Å². The van der Waals surface area contributed by atoms with Gasteiger partial charge in [-0.2, -0.15) is 0 Å². The average Bonchev–Trinajstić information content (AvgIpc) is 2.83. The van der Waals surface area contributed by atoms with Crippen molar-refractivity contribution < 1.29 is 4.79 Å². The first-order valence-electron chi connectivity index (χ1n) is 9.22. The topological polar surface area (TPSA) is 54.0 Å². The summed E-state index contributed by atoms with van der Waals surface area (Å²) in [5.74, 6) is -0.175. The van der Waals surface area contributed by atoms with Crippen LogP contribution >= 0.6 is 0 Å². The molecule has 1 saturated carbocycles. The minimum Gasteiger partial charge on any atom is -0.381 e. The fraction of sp³-hybridized carbons (Fsp3) is 0.429. The Balaban J connectivity index is 1.61. The van der Waals surface area contributed by atoms with Crippen molar-refractivity contribution in [2.45, 2.75) is 58.4 Å². The van der Waals surface area contributed by atoms with Gasteiger partial charge in [-0.25, -0.2) is 4.98 Å². The molecular formula is C21H27N3O. The van der Waals surface area contributed by atoms with Crippen molar-refractivity contribution >= 4 is 17.3 Å². The van der Waals surface area contributed by atoms with Gasteiger partial charge in [0.05, 0.1) is 11.9 Å². The molecule has 25 heavy (non-hydrogen) atoms. The second kappa shape index (κ2) is 8.15. The quantitative estimate of drug-likeness (QED) is 0.765. The molecular weight excluding hydrogens is 310 g/mol. The summed E-state index contributed by atoms with van der Waals surface area (Å²) in [5.41, 5.74) is 4.50. The molecule has 1 aromatic heterocycles. The normalized spacial score (nSPS) is 15.4. The SMILES string of the molecule is Cc1cc(C)cc(NC(=O)c2ccc(NC3CCCCCC3)cn2)c1. The molecule has 1 amide bonds. The molecule has 1 aliphatic carbocycles. The number of carbonyl (C=O) groups excluding carboxylic acids is 1. The van der Waals surface area contributed by atoms with Crippen LogP contribution in [0.5, 0.6) is 0 Å². The van der Waals surface area contributed by atoms with Crippen molar-refractivity contribution in [2.75, 3.05) is 10.6 Å². The van der Waals surface area contributed by atoms with E-state index in [-0.39, 0.29) is 5.91 Å². The molecule has 0 radical (unpaired) electrons. The van der Waals surface area contributed by atoms with Crippen LogP contribution in [-0.4, -0.2) is 16.9 Å². The lowest BCUT2D eigenvalue weighted by atomic mass is 10.1. The predicted octanol–water partition coefficient (Wildman–Crippen LogP) is 5.09. The van der Waals surface area contributed by atoms with Gasteiger partial charge in [0, 0.05) is 11.7 Å². The Bertz CT molecular complexity index is 696. The smallest absolute Gasteiger partial charge is 0.274 e. The Morgan fingerprint density at radius 2 is 1.64 bits per heavy atom. The minimum atomic E-state index is -0.175. The van der Waals surface area contributed by atoms with Gasteiger partial charge in [0.15, 0.2) is 0 Å². The first kappa shape index (κ1) is 17.5. The Morgan fingerprint density at radius 3 is 2.24 bits per heavy atom. The van der Waals surface area contributed by atoms with E-state index in [4.69, 9.17) is 0 Å². The number of nitrogens with zero attached hydrogens (tertiary/aromatic N) is 1. The number of hydrogen-bond donors (Lipinski definition) is 2. The standard InChI is InChI=1S/C21H27N3O/c1-15-11-16(2)13-19(12-15)24-21(25)20-10-9-18(14-22-20)23-17-7-5-3-4-6-8-17/h9-14,17,23H,3-8H2,1-2H3,(H,24,25). The van der Waals surface area contributed by atoms with Gasteiger partial charge in [0.1, 0.15) is 5.69 Å². The minimum absolute atomic E-state index is 0.175. The summed E-state index contributed by atoms with van der Waals surface area (Å²) in [4.78, 5) is 16.7. The summed E-state index contributed by atoms with van der Waals surface area (Å²) in [6.07, 6.45) is 9.47. The van der Waals surface area contributed by atoms with Gasteiger partial charge in [-0.15, -0.1) is 0 Å². The van der Waals surface area contributed by atoms with Crippen molar-refractivity contribution in [3.63, 3.8) is 0 Å². The average molecular weight is 337 g/mol. The van der Waals surface area contributed by atoms with Crippen LogP contribution in [0.25, 0.3) is 0 Å². The maximum Gasteiger partial charge on any atom is 0.274 e. The Labute approximate surface area is 150 Å². The lowest BCUT2D eigenvalue weighted by molar-refractivity contribution is 0.102. The third-order valence-corrected chi connectivity index (χ3v) is 4.70. The number of anilines is 2. The van der Waals surface area contributed by atoms with E-state index < -0.39 is 0 Å². The van der Waals surface area contributed by atoms with E-state index in [1.54, 1.807) is 12.3 Å². The molecule has 1 heterocycles. The molecule has 0 saturated heterocycles. The number of benzene rings is 1. The predicted molar refractivity (Wildman–Crippen MR) is 103 cm³/mol. The van der Waals surface area contributed by atoms with Crippen LogP contribution in [0.15, 0.2) is 36.5 Å². The molecule has 4 heteroatoms. The number of nitrogens with one attached hydrogen (secondary N) is 2. The van der Waals surface area contributed by atoms with Gasteiger partial charge in [-0.05, 0) is 62.1 Å². The van der Waals surface area contributed by atoms with Crippen molar-refractivity contribution in [3.05, 3.63) is 53.3 Å². The van der Waals surface area contributed by atoms with Crippen molar-refractivity contribution in [1.29, 1.82) is 0 Å². The molecule has 4 nitrogen and oxygen atoms in total. The van der Waals surface area contributed by atoms with E-state index >= 15 is 0 Å². The molecule has 132 valence electrons. The molecule has 0 bridgehead atoms. The molecule has 0 spiro atoms. The summed E-state index contributed by atoms with van der Waals surface area (Å²) >= 11 is 0. The molecule has 1 aliphatic rings. The Hall–Kier alpha value is -2.36. The summed E-state index contributed by atoms with van der Waals surface area (Å²) < 4.78 is 0. The number of amides is 1. The lowest BCUT2D eigenvalue weighted by Gasteiger charge is -2.17. The number of aromatic nitrogens is 1. The molecule has 1 aromatic carbocycles. The van der Waals surface area contributed by atoms with Crippen LogP contribution < -0.4 is 10.6 Å². The summed E-state index contributed by atoms with van der Waals surface area (Å²) in [5, 5.41) is 6.48. The van der Waals surface area contributed by atoms with Crippen LogP contribution in [0.3, 0.4) is 0 Å². The largest absolute Gasteiger partial charge is 0.381 e. The van der Waals surface area contributed by atoms with Crippen LogP contribution in [0.1, 0.15) is 60.1 Å².